The zero-order chi connectivity index (χ0) is 20.6. The van der Waals surface area contributed by atoms with Gasteiger partial charge in [0.15, 0.2) is 23.8 Å². The van der Waals surface area contributed by atoms with E-state index in [4.69, 9.17) is 9.47 Å². The minimum Gasteiger partial charge on any atom is -0.592 e. The highest BCUT2D eigenvalue weighted by atomic mass is 16.5. The number of ether oxygens (including phenoxy) is 2. The molecule has 4 nitrogen and oxygen atoms in total. The first-order valence-electron chi connectivity index (χ1n) is 10.8. The highest BCUT2D eigenvalue weighted by Gasteiger charge is 2.23. The molecule has 0 fully saturated rings. The molecule has 1 unspecified atom stereocenters. The van der Waals surface area contributed by atoms with E-state index >= 15 is 0 Å². The summed E-state index contributed by atoms with van der Waals surface area (Å²) in [5.74, 6) is 2.24. The summed E-state index contributed by atoms with van der Waals surface area (Å²) in [6.45, 7) is 7.02. The quantitative estimate of drug-likeness (QED) is 0.470. The monoisotopic (exact) mass is 395 g/mol. The van der Waals surface area contributed by atoms with Crippen molar-refractivity contribution in [1.82, 2.24) is 0 Å². The number of aliphatic imine (C=N–C) groups is 1. The van der Waals surface area contributed by atoms with Gasteiger partial charge in [-0.05, 0) is 44.4 Å². The number of phenols is 1. The Bertz CT molecular complexity index is 763. The minimum absolute atomic E-state index is 0.177. The van der Waals surface area contributed by atoms with Crippen LogP contribution in [-0.2, 0) is 11.2 Å². The van der Waals surface area contributed by atoms with Crippen LogP contribution in [0.3, 0.4) is 0 Å². The summed E-state index contributed by atoms with van der Waals surface area (Å²) in [4.78, 5) is 4.44. The van der Waals surface area contributed by atoms with Gasteiger partial charge in [-0.25, -0.2) is 0 Å². The molecule has 3 rings (SSSR count). The number of rotatable bonds is 11. The van der Waals surface area contributed by atoms with Gasteiger partial charge in [0.25, 0.3) is 0 Å². The van der Waals surface area contributed by atoms with Crippen LogP contribution in [0.4, 0.5) is 0 Å². The van der Waals surface area contributed by atoms with E-state index in [-0.39, 0.29) is 11.9 Å². The molecule has 1 atom stereocenters. The standard InChI is InChI=1S/C25H33NO3/c1-4-5-6-22-10-11-23(29-22)9-7-19-8-12-24(27)25(15-19)28-14-13-21-16-20(17-26-21)18(2)3/h8,10-12,15-18,22,27H,4-7,9,13-14H2,1-3H3. The minimum atomic E-state index is 0.177. The van der Waals surface area contributed by atoms with Crippen molar-refractivity contribution >= 4 is 6.21 Å². The van der Waals surface area contributed by atoms with Gasteiger partial charge in [-0.1, -0.05) is 38.0 Å². The number of phenolic OH excluding ortho intramolecular Hbond substituents is 1. The zero-order valence-corrected chi connectivity index (χ0v) is 17.9. The molecule has 0 saturated heterocycles. The second-order valence-electron chi connectivity index (χ2n) is 8.07. The maximum Gasteiger partial charge on any atom is 0.176 e. The van der Waals surface area contributed by atoms with Crippen molar-refractivity contribution in [3.63, 3.8) is 0 Å². The zero-order valence-electron chi connectivity index (χ0n) is 17.9. The molecule has 4 heteroatoms. The highest BCUT2D eigenvalue weighted by molar-refractivity contribution is 5.83. The molecular formula is C25H33NO3. The summed E-state index contributed by atoms with van der Waals surface area (Å²) in [7, 11) is 0. The maximum atomic E-state index is 10.1. The molecule has 0 bridgehead atoms. The number of nitrogens with zero attached hydrogens (tertiary/aromatic N) is 1. The molecule has 156 valence electrons. The Hall–Kier alpha value is -2.49. The van der Waals surface area contributed by atoms with Crippen LogP contribution in [0.1, 0.15) is 58.4 Å². The van der Waals surface area contributed by atoms with E-state index in [2.05, 4.69) is 44.3 Å². The van der Waals surface area contributed by atoms with Crippen LogP contribution in [0.15, 0.2) is 46.7 Å². The second-order valence-corrected chi connectivity index (χ2v) is 8.07. The van der Waals surface area contributed by atoms with E-state index in [9.17, 15) is 5.11 Å². The van der Waals surface area contributed by atoms with E-state index in [1.165, 1.54) is 18.4 Å². The number of benzene rings is 1. The van der Waals surface area contributed by atoms with Crippen LogP contribution in [0, 0.1) is 18.4 Å². The van der Waals surface area contributed by atoms with Gasteiger partial charge in [-0.3, -0.25) is 0 Å². The summed E-state index contributed by atoms with van der Waals surface area (Å²) < 4.78 is 11.8. The van der Waals surface area contributed by atoms with Gasteiger partial charge in [-0.15, -0.1) is 4.99 Å². The SMILES string of the molecule is CCCCC1[CH-]C=C(CCc2ccc(O)c(OCC[C+]3C=C(C(C)C)C=N3)c2)O1. The molecule has 2 aliphatic rings. The molecule has 2 heterocycles. The number of allylic oxidation sites excluding steroid dienone is 2. The molecule has 1 aromatic carbocycles. The average molecular weight is 396 g/mol. The van der Waals surface area contributed by atoms with Crippen molar-refractivity contribution in [2.24, 2.45) is 10.9 Å². The fourth-order valence-electron chi connectivity index (χ4n) is 3.43. The van der Waals surface area contributed by atoms with Gasteiger partial charge >= 0.3 is 0 Å². The Morgan fingerprint density at radius 3 is 2.93 bits per heavy atom. The average Bonchev–Trinajstić information content (AvgIpc) is 3.36. The molecule has 29 heavy (non-hydrogen) atoms. The number of aryl methyl sites for hydroxylation is 1. The van der Waals surface area contributed by atoms with Gasteiger partial charge < -0.3 is 14.6 Å². The Balaban J connectivity index is 1.45. The summed E-state index contributed by atoms with van der Waals surface area (Å²) in [5, 5.41) is 10.1. The fraction of sp³-hybridized carbons (Fsp3) is 0.480. The maximum absolute atomic E-state index is 10.1. The van der Waals surface area contributed by atoms with E-state index in [1.54, 1.807) is 6.07 Å². The van der Waals surface area contributed by atoms with Crippen molar-refractivity contribution in [3.05, 3.63) is 59.7 Å². The molecule has 1 N–H and O–H groups in total. The number of aromatic hydroxyl groups is 1. The summed E-state index contributed by atoms with van der Waals surface area (Å²) in [6.07, 6.45) is 14.5. The lowest BCUT2D eigenvalue weighted by atomic mass is 10.0. The lowest BCUT2D eigenvalue weighted by molar-refractivity contribution is 0.147. The Morgan fingerprint density at radius 1 is 1.31 bits per heavy atom. The largest absolute Gasteiger partial charge is 0.592 e. The molecule has 0 aliphatic carbocycles. The van der Waals surface area contributed by atoms with Crippen LogP contribution in [0.5, 0.6) is 11.5 Å². The predicted octanol–water partition coefficient (Wildman–Crippen LogP) is 5.97. The summed E-state index contributed by atoms with van der Waals surface area (Å²) in [5.41, 5.74) is 2.38. The first kappa shape index (κ1) is 21.2. The van der Waals surface area contributed by atoms with Crippen LogP contribution in [0.2, 0.25) is 0 Å². The van der Waals surface area contributed by atoms with Gasteiger partial charge in [0.2, 0.25) is 0 Å². The Kier molecular flexibility index (Phi) is 7.56. The second kappa shape index (κ2) is 10.3. The van der Waals surface area contributed by atoms with Crippen molar-refractivity contribution in [2.75, 3.05) is 6.61 Å². The van der Waals surface area contributed by atoms with Gasteiger partial charge in [0.05, 0.1) is 12.5 Å². The molecule has 0 spiro atoms. The first-order valence-corrected chi connectivity index (χ1v) is 10.8. The highest BCUT2D eigenvalue weighted by Crippen LogP contribution is 2.30. The van der Waals surface area contributed by atoms with Crippen LogP contribution >= 0.6 is 0 Å². The summed E-state index contributed by atoms with van der Waals surface area (Å²) in [6, 6.07) is 6.62. The van der Waals surface area contributed by atoms with Gasteiger partial charge in [0, 0.05) is 12.0 Å². The number of hydrogen-bond donors (Lipinski definition) is 1. The smallest absolute Gasteiger partial charge is 0.176 e. The third kappa shape index (κ3) is 6.25. The van der Waals surface area contributed by atoms with Crippen molar-refractivity contribution in [1.29, 1.82) is 0 Å². The number of unbranched alkanes of at least 4 members (excludes halogenated alkanes) is 1. The van der Waals surface area contributed by atoms with Crippen LogP contribution in [0.25, 0.3) is 0 Å². The summed E-state index contributed by atoms with van der Waals surface area (Å²) >= 11 is 0. The Labute approximate surface area is 175 Å². The van der Waals surface area contributed by atoms with Gasteiger partial charge in [0.1, 0.15) is 12.2 Å². The molecule has 0 radical (unpaired) electrons. The lowest BCUT2D eigenvalue weighted by Gasteiger charge is -2.20. The van der Waals surface area contributed by atoms with Crippen molar-refractivity contribution in [2.45, 2.75) is 65.4 Å². The molecular weight excluding hydrogens is 362 g/mol. The lowest BCUT2D eigenvalue weighted by Crippen LogP contribution is -2.06. The third-order valence-corrected chi connectivity index (χ3v) is 5.32. The normalized spacial score (nSPS) is 17.9. The van der Waals surface area contributed by atoms with E-state index in [0.29, 0.717) is 18.3 Å². The molecule has 0 saturated carbocycles. The van der Waals surface area contributed by atoms with Crippen LogP contribution in [-0.4, -0.2) is 24.0 Å². The molecule has 0 amide bonds. The van der Waals surface area contributed by atoms with Crippen molar-refractivity contribution in [3.8, 4) is 11.5 Å². The van der Waals surface area contributed by atoms with E-state index < -0.39 is 0 Å². The van der Waals surface area contributed by atoms with Crippen molar-refractivity contribution < 1.29 is 14.6 Å². The Morgan fingerprint density at radius 2 is 2.17 bits per heavy atom. The van der Waals surface area contributed by atoms with E-state index in [1.807, 2.05) is 18.3 Å². The predicted molar refractivity (Wildman–Crippen MR) is 118 cm³/mol. The van der Waals surface area contributed by atoms with Crippen LogP contribution < -0.4 is 4.74 Å². The first-order chi connectivity index (χ1) is 14.0. The molecule has 0 aromatic heterocycles. The van der Waals surface area contributed by atoms with Gasteiger partial charge in [-0.2, -0.15) is 12.5 Å². The molecule has 2 aliphatic heterocycles. The third-order valence-electron chi connectivity index (χ3n) is 5.32. The topological polar surface area (TPSA) is 51.0 Å². The molecule has 1 aromatic rings. The fourth-order valence-corrected chi connectivity index (χ4v) is 3.43. The number of hydrogen-bond acceptors (Lipinski definition) is 4. The van der Waals surface area contributed by atoms with E-state index in [0.717, 1.165) is 43.0 Å².